The number of carbonyl (C=O) groups is 2. The van der Waals surface area contributed by atoms with E-state index in [1.54, 1.807) is 42.8 Å². The molecule has 1 heterocycles. The molecule has 0 unspecified atom stereocenters. The number of ketones is 1. The van der Waals surface area contributed by atoms with Crippen molar-refractivity contribution in [2.45, 2.75) is 18.1 Å². The molecule has 1 atom stereocenters. The number of halogens is 3. The number of nitrogens with zero attached hydrogens (tertiary/aromatic N) is 3. The fourth-order valence-corrected chi connectivity index (χ4v) is 4.04. The molecule has 156 valence electrons. The molecule has 6 nitrogen and oxygen atoms in total. The summed E-state index contributed by atoms with van der Waals surface area (Å²) in [6.07, 6.45) is 0. The third kappa shape index (κ3) is 5.43. The van der Waals surface area contributed by atoms with Crippen molar-refractivity contribution >= 4 is 62.6 Å². The maximum Gasteiger partial charge on any atom is 0.251 e. The summed E-state index contributed by atoms with van der Waals surface area (Å²) in [5.74, 6) is 0.501. The highest BCUT2D eigenvalue weighted by Gasteiger charge is 2.19. The Morgan fingerprint density at radius 3 is 2.43 bits per heavy atom. The fourth-order valence-electron chi connectivity index (χ4n) is 2.66. The third-order valence-electron chi connectivity index (χ3n) is 4.28. The highest BCUT2D eigenvalue weighted by Crippen LogP contribution is 2.24. The second kappa shape index (κ2) is 9.96. The Balaban J connectivity index is 1.63. The molecule has 0 spiro atoms. The molecule has 0 aliphatic carbocycles. The molecule has 0 bridgehead atoms. The third-order valence-corrected chi connectivity index (χ3v) is 6.57. The van der Waals surface area contributed by atoms with E-state index < -0.39 is 6.04 Å². The molecule has 0 saturated carbocycles. The van der Waals surface area contributed by atoms with E-state index in [0.717, 1.165) is 4.47 Å². The van der Waals surface area contributed by atoms with Crippen LogP contribution in [0.4, 0.5) is 0 Å². The van der Waals surface area contributed by atoms with Crippen LogP contribution in [-0.4, -0.2) is 32.2 Å². The Kier molecular flexibility index (Phi) is 7.57. The van der Waals surface area contributed by atoms with E-state index in [2.05, 4.69) is 31.4 Å². The SMILES string of the molecule is C[C@H](NC(=O)c1ccc(Cl)c(Cl)c1)c1nnc(SCC(=O)c2ccc(Br)cc2)n1C. The number of nitrogens with one attached hydrogen (secondary N) is 1. The molecule has 0 fully saturated rings. The molecule has 0 radical (unpaired) electrons. The van der Waals surface area contributed by atoms with E-state index in [1.807, 2.05) is 12.1 Å². The van der Waals surface area contributed by atoms with Crippen LogP contribution < -0.4 is 5.32 Å². The average Bonchev–Trinajstić information content (AvgIpc) is 3.09. The van der Waals surface area contributed by atoms with Gasteiger partial charge in [-0.15, -0.1) is 10.2 Å². The second-order valence-corrected chi connectivity index (χ2v) is 9.12. The van der Waals surface area contributed by atoms with Gasteiger partial charge in [0.2, 0.25) is 0 Å². The first-order chi connectivity index (χ1) is 14.3. The van der Waals surface area contributed by atoms with E-state index in [0.29, 0.717) is 32.2 Å². The van der Waals surface area contributed by atoms with E-state index in [1.165, 1.54) is 17.8 Å². The van der Waals surface area contributed by atoms with Crippen LogP contribution in [-0.2, 0) is 7.05 Å². The maximum atomic E-state index is 12.5. The highest BCUT2D eigenvalue weighted by atomic mass is 79.9. The molecular formula is C20H17BrCl2N4O2S. The van der Waals surface area contributed by atoms with Gasteiger partial charge in [-0.2, -0.15) is 0 Å². The monoisotopic (exact) mass is 526 g/mol. The molecule has 3 rings (SSSR count). The quantitative estimate of drug-likeness (QED) is 0.331. The van der Waals surface area contributed by atoms with Gasteiger partial charge in [0.15, 0.2) is 16.8 Å². The Morgan fingerprint density at radius 1 is 1.10 bits per heavy atom. The van der Waals surface area contributed by atoms with Crippen molar-refractivity contribution in [3.05, 3.63) is 73.9 Å². The van der Waals surface area contributed by atoms with E-state index in [-0.39, 0.29) is 17.4 Å². The lowest BCUT2D eigenvalue weighted by molar-refractivity contribution is 0.0937. The normalized spacial score (nSPS) is 11.9. The van der Waals surface area contributed by atoms with Gasteiger partial charge >= 0.3 is 0 Å². The average molecular weight is 528 g/mol. The Hall–Kier alpha value is -1.87. The van der Waals surface area contributed by atoms with Gasteiger partial charge in [-0.25, -0.2) is 0 Å². The summed E-state index contributed by atoms with van der Waals surface area (Å²) >= 11 is 16.5. The fraction of sp³-hybridized carbons (Fsp3) is 0.200. The summed E-state index contributed by atoms with van der Waals surface area (Å²) in [4.78, 5) is 24.8. The van der Waals surface area contributed by atoms with Crippen LogP contribution in [0.2, 0.25) is 10.0 Å². The van der Waals surface area contributed by atoms with E-state index in [9.17, 15) is 9.59 Å². The molecule has 2 aromatic carbocycles. The Bertz CT molecular complexity index is 1090. The lowest BCUT2D eigenvalue weighted by atomic mass is 10.2. The van der Waals surface area contributed by atoms with Gasteiger partial charge in [0.1, 0.15) is 0 Å². The van der Waals surface area contributed by atoms with Gasteiger partial charge in [-0.05, 0) is 37.3 Å². The Labute approximate surface area is 196 Å². The van der Waals surface area contributed by atoms with Crippen molar-refractivity contribution in [3.63, 3.8) is 0 Å². The van der Waals surface area contributed by atoms with Crippen molar-refractivity contribution in [2.24, 2.45) is 7.05 Å². The molecular weight excluding hydrogens is 511 g/mol. The summed E-state index contributed by atoms with van der Waals surface area (Å²) in [6.45, 7) is 1.81. The number of benzene rings is 2. The smallest absolute Gasteiger partial charge is 0.251 e. The number of rotatable bonds is 7. The first kappa shape index (κ1) is 22.8. The zero-order valence-electron chi connectivity index (χ0n) is 16.0. The minimum atomic E-state index is -0.402. The standard InChI is InChI=1S/C20H17BrCl2N4O2S/c1-11(24-19(29)13-5-8-15(22)16(23)9-13)18-25-26-20(27(18)2)30-10-17(28)12-3-6-14(21)7-4-12/h3-9,11H,10H2,1-2H3,(H,24,29)/t11-/m0/s1. The van der Waals surface area contributed by atoms with Crippen molar-refractivity contribution < 1.29 is 9.59 Å². The zero-order valence-corrected chi connectivity index (χ0v) is 19.9. The minimum Gasteiger partial charge on any atom is -0.342 e. The van der Waals surface area contributed by atoms with Crippen LogP contribution in [0.25, 0.3) is 0 Å². The molecule has 10 heteroatoms. The summed E-state index contributed by atoms with van der Waals surface area (Å²) in [5, 5.41) is 12.5. The molecule has 3 aromatic rings. The topological polar surface area (TPSA) is 76.9 Å². The van der Waals surface area contributed by atoms with Gasteiger partial charge in [-0.3, -0.25) is 9.59 Å². The lowest BCUT2D eigenvalue weighted by Crippen LogP contribution is -2.28. The number of Topliss-reactive ketones (excluding diaryl/α,β-unsaturated/α-hetero) is 1. The van der Waals surface area contributed by atoms with Gasteiger partial charge in [0.05, 0.1) is 21.8 Å². The molecule has 1 aromatic heterocycles. The molecule has 0 saturated heterocycles. The van der Waals surface area contributed by atoms with Crippen LogP contribution >= 0.6 is 50.9 Å². The molecule has 1 amide bonds. The van der Waals surface area contributed by atoms with Crippen LogP contribution in [0, 0.1) is 0 Å². The van der Waals surface area contributed by atoms with Gasteiger partial charge in [0, 0.05) is 22.6 Å². The van der Waals surface area contributed by atoms with Crippen molar-refractivity contribution in [3.8, 4) is 0 Å². The minimum absolute atomic E-state index is 0.00183. The first-order valence-corrected chi connectivity index (χ1v) is 11.4. The predicted octanol–water partition coefficient (Wildman–Crippen LogP) is 5.35. The first-order valence-electron chi connectivity index (χ1n) is 8.83. The van der Waals surface area contributed by atoms with Crippen molar-refractivity contribution in [1.82, 2.24) is 20.1 Å². The molecule has 0 aliphatic heterocycles. The number of hydrogen-bond acceptors (Lipinski definition) is 5. The summed E-state index contributed by atoms with van der Waals surface area (Å²) < 4.78 is 2.68. The van der Waals surface area contributed by atoms with E-state index >= 15 is 0 Å². The van der Waals surface area contributed by atoms with Gasteiger partial charge in [0.25, 0.3) is 5.91 Å². The van der Waals surface area contributed by atoms with Crippen LogP contribution in [0.1, 0.15) is 39.5 Å². The lowest BCUT2D eigenvalue weighted by Gasteiger charge is -2.14. The number of carbonyl (C=O) groups excluding carboxylic acids is 2. The van der Waals surface area contributed by atoms with Crippen molar-refractivity contribution in [1.29, 1.82) is 0 Å². The summed E-state index contributed by atoms with van der Waals surface area (Å²) in [7, 11) is 1.80. The van der Waals surface area contributed by atoms with Gasteiger partial charge in [-0.1, -0.05) is 63.0 Å². The Morgan fingerprint density at radius 2 is 1.77 bits per heavy atom. The number of thioether (sulfide) groups is 1. The van der Waals surface area contributed by atoms with Crippen molar-refractivity contribution in [2.75, 3.05) is 5.75 Å². The summed E-state index contributed by atoms with van der Waals surface area (Å²) in [5.41, 5.74) is 1.03. The molecule has 1 N–H and O–H groups in total. The van der Waals surface area contributed by atoms with Crippen LogP contribution in [0.15, 0.2) is 52.1 Å². The largest absolute Gasteiger partial charge is 0.342 e. The number of hydrogen-bond donors (Lipinski definition) is 1. The highest BCUT2D eigenvalue weighted by molar-refractivity contribution is 9.10. The van der Waals surface area contributed by atoms with E-state index in [4.69, 9.17) is 23.2 Å². The number of amides is 1. The summed E-state index contributed by atoms with van der Waals surface area (Å²) in [6, 6.07) is 11.5. The second-order valence-electron chi connectivity index (χ2n) is 6.44. The zero-order chi connectivity index (χ0) is 21.8. The van der Waals surface area contributed by atoms with Crippen LogP contribution in [0.5, 0.6) is 0 Å². The van der Waals surface area contributed by atoms with Crippen LogP contribution in [0.3, 0.4) is 0 Å². The maximum absolute atomic E-state index is 12.5. The molecule has 30 heavy (non-hydrogen) atoms. The number of aromatic nitrogens is 3. The van der Waals surface area contributed by atoms with Gasteiger partial charge < -0.3 is 9.88 Å². The predicted molar refractivity (Wildman–Crippen MR) is 123 cm³/mol. The molecule has 0 aliphatic rings.